The van der Waals surface area contributed by atoms with Gasteiger partial charge < -0.3 is 4.90 Å². The van der Waals surface area contributed by atoms with Gasteiger partial charge in [0.1, 0.15) is 0 Å². The number of rotatable bonds is 2. The summed E-state index contributed by atoms with van der Waals surface area (Å²) in [5, 5.41) is 4.42. The van der Waals surface area contributed by atoms with E-state index in [0.29, 0.717) is 4.90 Å². The summed E-state index contributed by atoms with van der Waals surface area (Å²) in [6, 6.07) is 6.97. The summed E-state index contributed by atoms with van der Waals surface area (Å²) in [6.45, 7) is 5.45. The average Bonchev–Trinajstić information content (AvgIpc) is 3.03. The Labute approximate surface area is 147 Å². The molecule has 1 aromatic carbocycles. The third kappa shape index (κ3) is 2.43. The number of sulfone groups is 1. The molecule has 7 nitrogen and oxygen atoms in total. The number of fused-ring (bicyclic) bond motifs is 3. The minimum absolute atomic E-state index is 0.198. The average molecular weight is 362 g/mol. The maximum atomic E-state index is 13.0. The fourth-order valence-electron chi connectivity index (χ4n) is 3.96. The van der Waals surface area contributed by atoms with Crippen LogP contribution in [0.4, 0.5) is 0 Å². The summed E-state index contributed by atoms with van der Waals surface area (Å²) in [4.78, 5) is 17.4. The van der Waals surface area contributed by atoms with Gasteiger partial charge in [0, 0.05) is 32.4 Å². The van der Waals surface area contributed by atoms with E-state index in [4.69, 9.17) is 0 Å². The molecular formula is C17H22N4O3S. The molecule has 0 N–H and O–H groups in total. The second-order valence-electron chi connectivity index (χ2n) is 7.24. The molecule has 0 radical (unpaired) electrons. The summed E-state index contributed by atoms with van der Waals surface area (Å²) in [6.07, 6.45) is 1.61. The molecule has 3 heterocycles. The molecule has 3 aliphatic rings. The van der Waals surface area contributed by atoms with Crippen LogP contribution in [0.2, 0.25) is 0 Å². The normalized spacial score (nSPS) is 31.1. The van der Waals surface area contributed by atoms with Crippen LogP contribution in [0, 0.1) is 0 Å². The van der Waals surface area contributed by atoms with Gasteiger partial charge >= 0.3 is 0 Å². The smallest absolute Gasteiger partial charge is 0.258 e. The Morgan fingerprint density at radius 3 is 2.64 bits per heavy atom. The Balaban J connectivity index is 1.60. The van der Waals surface area contributed by atoms with E-state index >= 15 is 0 Å². The Kier molecular flexibility index (Phi) is 3.75. The van der Waals surface area contributed by atoms with E-state index in [9.17, 15) is 13.2 Å². The number of likely N-dealkylation sites (N-methyl/N-ethyl adjacent to an activating group) is 1. The zero-order valence-electron chi connectivity index (χ0n) is 14.4. The molecule has 8 heteroatoms. The fraction of sp³-hybridized carbons (Fsp3) is 0.529. The van der Waals surface area contributed by atoms with Gasteiger partial charge in [-0.2, -0.15) is 5.10 Å². The molecule has 1 saturated heterocycles. The van der Waals surface area contributed by atoms with Crippen molar-refractivity contribution < 1.29 is 13.2 Å². The highest BCUT2D eigenvalue weighted by atomic mass is 32.2. The Hall–Kier alpha value is -1.77. The number of hydrogen-bond acceptors (Lipinski definition) is 6. The Morgan fingerprint density at radius 1 is 1.24 bits per heavy atom. The number of hydrazone groups is 1. The predicted molar refractivity (Wildman–Crippen MR) is 94.0 cm³/mol. The number of amides is 1. The molecule has 1 aromatic rings. The van der Waals surface area contributed by atoms with Crippen molar-refractivity contribution in [1.82, 2.24) is 14.8 Å². The van der Waals surface area contributed by atoms with E-state index in [1.807, 2.05) is 19.1 Å². The van der Waals surface area contributed by atoms with Gasteiger partial charge in [-0.3, -0.25) is 9.69 Å². The van der Waals surface area contributed by atoms with Crippen LogP contribution in [0.3, 0.4) is 0 Å². The van der Waals surface area contributed by atoms with E-state index in [1.54, 1.807) is 18.3 Å². The number of piperazine rings is 1. The highest BCUT2D eigenvalue weighted by molar-refractivity contribution is 7.92. The van der Waals surface area contributed by atoms with Crippen LogP contribution in [0.1, 0.15) is 12.5 Å². The number of hydrogen-bond donors (Lipinski definition) is 0. The second-order valence-corrected chi connectivity index (χ2v) is 9.21. The molecule has 0 spiro atoms. The molecule has 2 unspecified atom stereocenters. The first-order chi connectivity index (χ1) is 11.8. The number of carbonyl (C=O) groups is 1. The first-order valence-corrected chi connectivity index (χ1v) is 10.0. The highest BCUT2D eigenvalue weighted by Crippen LogP contribution is 2.48. The molecule has 1 fully saturated rings. The summed E-state index contributed by atoms with van der Waals surface area (Å²) >= 11 is 0. The van der Waals surface area contributed by atoms with E-state index < -0.39 is 20.6 Å². The molecule has 0 saturated carbocycles. The lowest BCUT2D eigenvalue weighted by molar-refractivity contribution is -0.133. The van der Waals surface area contributed by atoms with Crippen LogP contribution in [0.15, 0.2) is 34.3 Å². The van der Waals surface area contributed by atoms with Gasteiger partial charge in [0.15, 0.2) is 5.37 Å². The van der Waals surface area contributed by atoms with Gasteiger partial charge in [-0.05, 0) is 25.6 Å². The van der Waals surface area contributed by atoms with Crippen LogP contribution < -0.4 is 0 Å². The van der Waals surface area contributed by atoms with Crippen molar-refractivity contribution >= 4 is 22.0 Å². The lowest BCUT2D eigenvalue weighted by Crippen LogP contribution is -2.51. The first-order valence-electron chi connectivity index (χ1n) is 8.45. The van der Waals surface area contributed by atoms with Crippen LogP contribution in [0.25, 0.3) is 0 Å². The quantitative estimate of drug-likeness (QED) is 0.748. The highest BCUT2D eigenvalue weighted by Gasteiger charge is 2.59. The fourth-order valence-corrected chi connectivity index (χ4v) is 6.33. The minimum atomic E-state index is -3.63. The minimum Gasteiger partial charge on any atom is -0.304 e. The van der Waals surface area contributed by atoms with Gasteiger partial charge in [-0.15, -0.1) is 0 Å². The maximum Gasteiger partial charge on any atom is 0.258 e. The molecule has 134 valence electrons. The van der Waals surface area contributed by atoms with E-state index in [2.05, 4.69) is 21.9 Å². The lowest BCUT2D eigenvalue weighted by atomic mass is 9.84. The third-order valence-electron chi connectivity index (χ3n) is 5.46. The lowest BCUT2D eigenvalue weighted by Gasteiger charge is -2.33. The molecule has 1 amide bonds. The zero-order chi connectivity index (χ0) is 17.8. The van der Waals surface area contributed by atoms with Gasteiger partial charge in [0.2, 0.25) is 9.84 Å². The molecule has 0 bridgehead atoms. The summed E-state index contributed by atoms with van der Waals surface area (Å²) in [5.74, 6) is -0.258. The number of nitrogens with zero attached hydrogens (tertiary/aromatic N) is 4. The topological polar surface area (TPSA) is 73.3 Å². The van der Waals surface area contributed by atoms with E-state index in [1.165, 1.54) is 5.01 Å². The third-order valence-corrected chi connectivity index (χ3v) is 7.71. The van der Waals surface area contributed by atoms with Crippen LogP contribution in [-0.2, 0) is 20.0 Å². The van der Waals surface area contributed by atoms with Crippen LogP contribution >= 0.6 is 0 Å². The predicted octanol–water partition coefficient (Wildman–Crippen LogP) is 0.133. The standard InChI is InChI=1S/C17H22N4O3S/c1-17-12-18-21(15(22)11-20-9-7-19(2)8-10-20)16(17)25(23,24)14-6-4-3-5-13(14)17/h3-6,12,16H,7-11H2,1-2H3. The molecule has 25 heavy (non-hydrogen) atoms. The summed E-state index contributed by atoms with van der Waals surface area (Å²) in [7, 11) is -1.58. The van der Waals surface area contributed by atoms with Gasteiger partial charge in [-0.1, -0.05) is 18.2 Å². The van der Waals surface area contributed by atoms with Crippen molar-refractivity contribution in [2.45, 2.75) is 22.6 Å². The van der Waals surface area contributed by atoms with Crippen molar-refractivity contribution in [3.05, 3.63) is 29.8 Å². The second kappa shape index (κ2) is 5.62. The molecule has 0 aromatic heterocycles. The van der Waals surface area contributed by atoms with Crippen molar-refractivity contribution in [3.8, 4) is 0 Å². The van der Waals surface area contributed by atoms with Gasteiger partial charge in [0.05, 0.1) is 16.9 Å². The summed E-state index contributed by atoms with van der Waals surface area (Å²) < 4.78 is 26.1. The molecule has 3 aliphatic heterocycles. The van der Waals surface area contributed by atoms with E-state index in [0.717, 1.165) is 31.7 Å². The molecule has 2 atom stereocenters. The molecule has 4 rings (SSSR count). The Bertz CT molecular complexity index is 845. The van der Waals surface area contributed by atoms with Gasteiger partial charge in [-0.25, -0.2) is 13.4 Å². The Morgan fingerprint density at radius 2 is 1.92 bits per heavy atom. The molecular weight excluding hydrogens is 340 g/mol. The van der Waals surface area contributed by atoms with Crippen molar-refractivity contribution in [1.29, 1.82) is 0 Å². The first kappa shape index (κ1) is 16.7. The maximum absolute atomic E-state index is 13.0. The van der Waals surface area contributed by atoms with Crippen molar-refractivity contribution in [2.75, 3.05) is 39.8 Å². The van der Waals surface area contributed by atoms with Crippen LogP contribution in [-0.4, -0.2) is 80.5 Å². The largest absolute Gasteiger partial charge is 0.304 e. The van der Waals surface area contributed by atoms with Crippen LogP contribution in [0.5, 0.6) is 0 Å². The SMILES string of the molecule is CN1CCN(CC(=O)N2N=CC3(C)c4ccccc4S(=O)(=O)C23)CC1. The number of carbonyl (C=O) groups excluding carboxylic acids is 1. The zero-order valence-corrected chi connectivity index (χ0v) is 15.2. The monoisotopic (exact) mass is 362 g/mol. The number of benzene rings is 1. The van der Waals surface area contributed by atoms with Crippen molar-refractivity contribution in [3.63, 3.8) is 0 Å². The van der Waals surface area contributed by atoms with Crippen molar-refractivity contribution in [2.24, 2.45) is 5.10 Å². The summed E-state index contributed by atoms with van der Waals surface area (Å²) in [5.41, 5.74) is -0.0636. The van der Waals surface area contributed by atoms with E-state index in [-0.39, 0.29) is 12.5 Å². The van der Waals surface area contributed by atoms with Gasteiger partial charge in [0.25, 0.3) is 5.91 Å². The molecule has 0 aliphatic carbocycles.